The summed E-state index contributed by atoms with van der Waals surface area (Å²) < 4.78 is 15.8. The van der Waals surface area contributed by atoms with Crippen LogP contribution in [0.3, 0.4) is 0 Å². The third-order valence-electron chi connectivity index (χ3n) is 8.27. The van der Waals surface area contributed by atoms with Crippen LogP contribution in [0.25, 0.3) is 42.2 Å². The van der Waals surface area contributed by atoms with E-state index in [1.165, 1.54) is 23.1 Å². The van der Waals surface area contributed by atoms with E-state index in [1.807, 2.05) is 52.1 Å². The largest absolute Gasteiger partial charge is 0.512 e. The molecule has 6 heteroatoms. The van der Waals surface area contributed by atoms with Crippen LogP contribution >= 0.6 is 11.3 Å². The second-order valence-electron chi connectivity index (χ2n) is 12.2. The number of rotatable bonds is 8. The molecule has 5 aromatic rings. The summed E-state index contributed by atoms with van der Waals surface area (Å²) in [6.07, 6.45) is 6.75. The van der Waals surface area contributed by atoms with Crippen LogP contribution in [0.4, 0.5) is 4.39 Å². The number of hydrogen-bond acceptors (Lipinski definition) is 4. The van der Waals surface area contributed by atoms with E-state index >= 15 is 0 Å². The number of halogens is 1. The van der Waals surface area contributed by atoms with E-state index in [0.717, 1.165) is 62.5 Å². The Hall–Kier alpha value is -2.92. The zero-order valence-electron chi connectivity index (χ0n) is 26.8. The van der Waals surface area contributed by atoms with Gasteiger partial charge in [0.2, 0.25) is 0 Å². The summed E-state index contributed by atoms with van der Waals surface area (Å²) in [5.41, 5.74) is 3.18. The van der Waals surface area contributed by atoms with Crippen LogP contribution in [0, 0.1) is 23.7 Å². The number of nitrogens with zero attached hydrogens (tertiary/aromatic N) is 1. The Labute approximate surface area is 279 Å². The molecule has 0 saturated carbocycles. The number of carbonyl (C=O) groups is 1. The van der Waals surface area contributed by atoms with Gasteiger partial charge in [-0.15, -0.1) is 40.5 Å². The van der Waals surface area contributed by atoms with Crippen LogP contribution in [0.5, 0.6) is 0 Å². The predicted molar refractivity (Wildman–Crippen MR) is 181 cm³/mol. The van der Waals surface area contributed by atoms with Gasteiger partial charge in [-0.3, -0.25) is 9.78 Å². The maximum absolute atomic E-state index is 13.7. The normalized spacial score (nSPS) is 12.1. The molecule has 235 valence electrons. The van der Waals surface area contributed by atoms with Crippen LogP contribution in [0.1, 0.15) is 79.7 Å². The third-order valence-corrected chi connectivity index (χ3v) is 9.45. The van der Waals surface area contributed by atoms with Gasteiger partial charge in [0.25, 0.3) is 0 Å². The Morgan fingerprint density at radius 3 is 2.23 bits per heavy atom. The summed E-state index contributed by atoms with van der Waals surface area (Å²) in [5.74, 6) is 0.340. The SMILES string of the molecule is CC(C)(C)c1cc(-c2nccc3c2sc2cc(F)ccc23)[c-]c2ccccc12.CCC(CC)C(=O)/C=C(\O)C(CC)CC.[Ir]. The number of fused-ring (bicyclic) bond motifs is 4. The zero-order chi connectivity index (χ0) is 31.3. The van der Waals surface area contributed by atoms with Crippen molar-refractivity contribution in [3.63, 3.8) is 0 Å². The van der Waals surface area contributed by atoms with Gasteiger partial charge in [0.15, 0.2) is 5.78 Å². The van der Waals surface area contributed by atoms with Crippen molar-refractivity contribution >= 4 is 48.1 Å². The number of pyridine rings is 1. The van der Waals surface area contributed by atoms with Crippen molar-refractivity contribution in [2.45, 2.75) is 79.6 Å². The maximum atomic E-state index is 13.7. The van der Waals surface area contributed by atoms with Crippen molar-refractivity contribution in [3.8, 4) is 11.3 Å². The van der Waals surface area contributed by atoms with E-state index in [-0.39, 0.29) is 54.7 Å². The Morgan fingerprint density at radius 1 is 0.932 bits per heavy atom. The first-order valence-electron chi connectivity index (χ1n) is 15.4. The summed E-state index contributed by atoms with van der Waals surface area (Å²) in [4.78, 5) is 16.4. The molecule has 1 N–H and O–H groups in total. The van der Waals surface area contributed by atoms with Crippen molar-refractivity contribution in [2.24, 2.45) is 11.8 Å². The summed E-state index contributed by atoms with van der Waals surface area (Å²) in [7, 11) is 0. The van der Waals surface area contributed by atoms with Crippen molar-refractivity contribution in [3.05, 3.63) is 90.1 Å². The van der Waals surface area contributed by atoms with Crippen LogP contribution in [-0.2, 0) is 30.3 Å². The van der Waals surface area contributed by atoms with Gasteiger partial charge in [-0.2, -0.15) is 0 Å². The molecule has 0 atom stereocenters. The molecule has 0 spiro atoms. The Kier molecular flexibility index (Phi) is 12.4. The summed E-state index contributed by atoms with van der Waals surface area (Å²) >= 11 is 1.59. The first-order chi connectivity index (χ1) is 20.5. The smallest absolute Gasteiger partial charge is 0.162 e. The average molecular weight is 789 g/mol. The third kappa shape index (κ3) is 7.83. The molecule has 5 rings (SSSR count). The van der Waals surface area contributed by atoms with Gasteiger partial charge in [-0.25, -0.2) is 4.39 Å². The van der Waals surface area contributed by atoms with Gasteiger partial charge in [0.1, 0.15) is 5.82 Å². The Balaban J connectivity index is 0.000000286. The quantitative estimate of drug-likeness (QED) is 0.0968. The van der Waals surface area contributed by atoms with Gasteiger partial charge in [0, 0.05) is 59.3 Å². The molecule has 2 aromatic heterocycles. The molecule has 0 bridgehead atoms. The molecule has 0 aliphatic rings. The van der Waals surface area contributed by atoms with Gasteiger partial charge < -0.3 is 5.11 Å². The van der Waals surface area contributed by atoms with Crippen molar-refractivity contribution in [1.29, 1.82) is 0 Å². The van der Waals surface area contributed by atoms with E-state index < -0.39 is 0 Å². The molecule has 44 heavy (non-hydrogen) atoms. The number of thiophene rings is 1. The molecule has 1 radical (unpaired) electrons. The second-order valence-corrected chi connectivity index (χ2v) is 13.2. The van der Waals surface area contributed by atoms with Crippen molar-refractivity contribution in [2.75, 3.05) is 0 Å². The van der Waals surface area contributed by atoms with Crippen LogP contribution in [-0.4, -0.2) is 15.9 Å². The molecule has 3 nitrogen and oxygen atoms in total. The van der Waals surface area contributed by atoms with Crippen molar-refractivity contribution < 1.29 is 34.4 Å². The fraction of sp³-hybridized carbons (Fsp3) is 0.368. The number of carbonyl (C=O) groups excluding carboxylic acids is 1. The molecule has 3 aromatic carbocycles. The molecule has 0 aliphatic heterocycles. The number of hydrogen-bond donors (Lipinski definition) is 1. The molecule has 2 heterocycles. The number of ketones is 1. The number of aliphatic hydroxyl groups is 1. The number of aliphatic hydroxyl groups excluding tert-OH is 1. The number of allylic oxidation sites excluding steroid dienone is 2. The molecule has 0 aliphatic carbocycles. The minimum atomic E-state index is -0.208. The van der Waals surface area contributed by atoms with E-state index in [1.54, 1.807) is 17.4 Å². The molecule has 0 unspecified atom stereocenters. The van der Waals surface area contributed by atoms with Gasteiger partial charge in [0.05, 0.1) is 5.76 Å². The molecular formula is C38H43FIrNO2S-. The standard InChI is InChI=1S/C25H19FNS.C13H24O2.Ir/c1-25(2,3)21-13-16(12-15-6-4-5-7-18(15)21)23-24-20(10-11-27-23)19-9-8-17(26)14-22(19)28-24;1-5-10(6-2)12(14)9-13(15)11(7-3)8-4;/h4-11,13-14H,1-3H3;9-11,14H,5-8H2,1-4H3;/q-1;;/b;12-9-;. The Bertz CT molecular complexity index is 1760. The van der Waals surface area contributed by atoms with Gasteiger partial charge >= 0.3 is 0 Å². The van der Waals surface area contributed by atoms with Gasteiger partial charge in [-0.1, -0.05) is 83.7 Å². The Morgan fingerprint density at radius 2 is 1.59 bits per heavy atom. The molecule has 0 fully saturated rings. The predicted octanol–water partition coefficient (Wildman–Crippen LogP) is 11.4. The average Bonchev–Trinajstić information content (AvgIpc) is 3.35. The van der Waals surface area contributed by atoms with Gasteiger partial charge in [-0.05, 0) is 60.1 Å². The minimum Gasteiger partial charge on any atom is -0.512 e. The van der Waals surface area contributed by atoms with Crippen LogP contribution in [0.2, 0.25) is 0 Å². The molecule has 0 amide bonds. The monoisotopic (exact) mass is 789 g/mol. The first kappa shape index (κ1) is 35.6. The van der Waals surface area contributed by atoms with E-state index in [0.29, 0.717) is 0 Å². The second kappa shape index (κ2) is 15.4. The zero-order valence-corrected chi connectivity index (χ0v) is 30.0. The summed E-state index contributed by atoms with van der Waals surface area (Å²) in [5, 5.41) is 14.3. The van der Waals surface area contributed by atoms with Crippen molar-refractivity contribution in [1.82, 2.24) is 4.98 Å². The summed E-state index contributed by atoms with van der Waals surface area (Å²) in [6, 6.07) is 21.2. The van der Waals surface area contributed by atoms with E-state index in [2.05, 4.69) is 51.1 Å². The number of aromatic nitrogens is 1. The maximum Gasteiger partial charge on any atom is 0.162 e. The topological polar surface area (TPSA) is 50.2 Å². The van der Waals surface area contributed by atoms with E-state index in [4.69, 9.17) is 4.98 Å². The fourth-order valence-electron chi connectivity index (χ4n) is 5.63. The summed E-state index contributed by atoms with van der Waals surface area (Å²) in [6.45, 7) is 14.8. The fourth-order valence-corrected chi connectivity index (χ4v) is 6.85. The van der Waals surface area contributed by atoms with E-state index in [9.17, 15) is 14.3 Å². The van der Waals surface area contributed by atoms with Crippen LogP contribution in [0.15, 0.2) is 72.6 Å². The van der Waals surface area contributed by atoms with Crippen LogP contribution < -0.4 is 0 Å². The molecule has 0 saturated heterocycles. The minimum absolute atomic E-state index is 0. The molecular weight excluding hydrogens is 746 g/mol. The number of benzene rings is 3. The first-order valence-corrected chi connectivity index (χ1v) is 16.2.